The number of hydrogen-bond acceptors (Lipinski definition) is 4. The summed E-state index contributed by atoms with van der Waals surface area (Å²) in [6, 6.07) is 9.82. The van der Waals surface area contributed by atoms with E-state index in [0.29, 0.717) is 11.3 Å². The maximum absolute atomic E-state index is 13.5. The summed E-state index contributed by atoms with van der Waals surface area (Å²) in [5.41, 5.74) is 6.51. The molecule has 2 aromatic carbocycles. The fraction of sp³-hybridized carbons (Fsp3) is 0.133. The van der Waals surface area contributed by atoms with Crippen molar-refractivity contribution >= 4 is 11.6 Å². The van der Waals surface area contributed by atoms with Crippen LogP contribution in [0.15, 0.2) is 42.5 Å². The molecule has 21 heavy (non-hydrogen) atoms. The van der Waals surface area contributed by atoms with Gasteiger partial charge >= 0.3 is 0 Å². The quantitative estimate of drug-likeness (QED) is 0.643. The van der Waals surface area contributed by atoms with Crippen molar-refractivity contribution in [1.29, 1.82) is 0 Å². The maximum Gasteiger partial charge on any atom is 0.254 e. The number of nitrogens with two attached hydrogens (primary N) is 1. The minimum atomic E-state index is -0.922. The number of nitrogens with one attached hydrogen (secondary N) is 1. The average molecular weight is 290 g/mol. The molecule has 0 aliphatic carbocycles. The van der Waals surface area contributed by atoms with Crippen LogP contribution in [-0.2, 0) is 0 Å². The number of amides is 1. The van der Waals surface area contributed by atoms with Gasteiger partial charge in [-0.1, -0.05) is 12.1 Å². The predicted molar refractivity (Wildman–Crippen MR) is 76.2 cm³/mol. The Hall–Kier alpha value is -2.60. The molecule has 0 saturated heterocycles. The van der Waals surface area contributed by atoms with E-state index in [1.165, 1.54) is 12.1 Å². The molecule has 1 amide bonds. The predicted octanol–water partition coefficient (Wildman–Crippen LogP) is 1.58. The Balaban J connectivity index is 1.99. The molecule has 1 unspecified atom stereocenters. The summed E-state index contributed by atoms with van der Waals surface area (Å²) in [6.45, 7) is -0.0664. The number of aromatic hydroxyl groups is 1. The summed E-state index contributed by atoms with van der Waals surface area (Å²) >= 11 is 0. The van der Waals surface area contributed by atoms with Crippen molar-refractivity contribution in [2.45, 2.75) is 6.10 Å². The maximum atomic E-state index is 13.5. The zero-order chi connectivity index (χ0) is 15.4. The van der Waals surface area contributed by atoms with Gasteiger partial charge in [-0.25, -0.2) is 4.39 Å². The van der Waals surface area contributed by atoms with Crippen LogP contribution < -0.4 is 11.1 Å². The van der Waals surface area contributed by atoms with E-state index in [1.807, 2.05) is 0 Å². The minimum absolute atomic E-state index is 0.0664. The number of hydrogen-bond donors (Lipinski definition) is 4. The zero-order valence-electron chi connectivity index (χ0n) is 11.1. The molecule has 0 radical (unpaired) electrons. The van der Waals surface area contributed by atoms with Crippen molar-refractivity contribution < 1.29 is 19.4 Å². The number of carbonyl (C=O) groups is 1. The third-order valence-electron chi connectivity index (χ3n) is 2.97. The average Bonchev–Trinajstić information content (AvgIpc) is 2.45. The van der Waals surface area contributed by atoms with Crippen LogP contribution in [0.5, 0.6) is 5.75 Å². The van der Waals surface area contributed by atoms with E-state index in [9.17, 15) is 14.3 Å². The van der Waals surface area contributed by atoms with Crippen LogP contribution in [0, 0.1) is 5.82 Å². The van der Waals surface area contributed by atoms with Gasteiger partial charge in [0.15, 0.2) is 0 Å². The number of phenolic OH excluding ortho intramolecular Hbond substituents is 1. The standard InChI is InChI=1S/C15H15FN2O3/c16-13-7-11(19)5-6-12(13)15(21)18-8-14(20)9-1-3-10(17)4-2-9/h1-7,14,19-20H,8,17H2,(H,18,21). The molecule has 0 aromatic heterocycles. The summed E-state index contributed by atoms with van der Waals surface area (Å²) in [7, 11) is 0. The molecule has 0 spiro atoms. The van der Waals surface area contributed by atoms with Crippen LogP contribution in [0.1, 0.15) is 22.0 Å². The van der Waals surface area contributed by atoms with Crippen molar-refractivity contribution in [3.63, 3.8) is 0 Å². The number of phenols is 1. The fourth-order valence-corrected chi connectivity index (χ4v) is 1.81. The van der Waals surface area contributed by atoms with Crippen LogP contribution >= 0.6 is 0 Å². The number of benzene rings is 2. The SMILES string of the molecule is Nc1ccc(C(O)CNC(=O)c2ccc(O)cc2F)cc1. The highest BCUT2D eigenvalue weighted by molar-refractivity contribution is 5.94. The largest absolute Gasteiger partial charge is 0.508 e. The van der Waals surface area contributed by atoms with Crippen molar-refractivity contribution in [2.75, 3.05) is 12.3 Å². The lowest BCUT2D eigenvalue weighted by Crippen LogP contribution is -2.29. The lowest BCUT2D eigenvalue weighted by molar-refractivity contribution is 0.0912. The number of rotatable bonds is 4. The Labute approximate surface area is 120 Å². The fourth-order valence-electron chi connectivity index (χ4n) is 1.81. The highest BCUT2D eigenvalue weighted by Crippen LogP contribution is 2.16. The molecule has 6 heteroatoms. The number of anilines is 1. The van der Waals surface area contributed by atoms with Gasteiger partial charge in [-0.15, -0.1) is 0 Å². The molecule has 0 saturated carbocycles. The Bertz CT molecular complexity index is 644. The van der Waals surface area contributed by atoms with E-state index in [1.54, 1.807) is 24.3 Å². The van der Waals surface area contributed by atoms with Crippen molar-refractivity contribution in [2.24, 2.45) is 0 Å². The highest BCUT2D eigenvalue weighted by atomic mass is 19.1. The molecule has 0 bridgehead atoms. The molecule has 2 rings (SSSR count). The van der Waals surface area contributed by atoms with Gasteiger partial charge in [0.1, 0.15) is 11.6 Å². The first-order chi connectivity index (χ1) is 9.97. The molecule has 1 atom stereocenters. The number of halogens is 1. The normalized spacial score (nSPS) is 11.9. The molecule has 5 nitrogen and oxygen atoms in total. The molecule has 2 aromatic rings. The van der Waals surface area contributed by atoms with Gasteiger partial charge in [0.25, 0.3) is 5.91 Å². The van der Waals surface area contributed by atoms with Crippen LogP contribution in [0.4, 0.5) is 10.1 Å². The Kier molecular flexibility index (Phi) is 4.39. The molecular weight excluding hydrogens is 275 g/mol. The molecule has 0 aliphatic rings. The Morgan fingerprint density at radius 1 is 1.24 bits per heavy atom. The monoisotopic (exact) mass is 290 g/mol. The summed E-state index contributed by atoms with van der Waals surface area (Å²) < 4.78 is 13.5. The molecule has 5 N–H and O–H groups in total. The second-order valence-corrected chi connectivity index (χ2v) is 4.56. The third kappa shape index (κ3) is 3.70. The smallest absolute Gasteiger partial charge is 0.254 e. The van der Waals surface area contributed by atoms with Crippen molar-refractivity contribution in [3.8, 4) is 5.75 Å². The number of nitrogen functional groups attached to an aromatic ring is 1. The van der Waals surface area contributed by atoms with Gasteiger partial charge in [0, 0.05) is 18.3 Å². The number of carbonyl (C=O) groups excluding carboxylic acids is 1. The first kappa shape index (κ1) is 14.8. The van der Waals surface area contributed by atoms with Gasteiger partial charge in [-0.05, 0) is 29.8 Å². The number of aliphatic hydroxyl groups is 1. The van der Waals surface area contributed by atoms with E-state index < -0.39 is 17.8 Å². The summed E-state index contributed by atoms with van der Waals surface area (Å²) in [5.74, 6) is -1.75. The van der Waals surface area contributed by atoms with Crippen LogP contribution in [0.25, 0.3) is 0 Å². The lowest BCUT2D eigenvalue weighted by Gasteiger charge is -2.13. The second-order valence-electron chi connectivity index (χ2n) is 4.56. The lowest BCUT2D eigenvalue weighted by atomic mass is 10.1. The van der Waals surface area contributed by atoms with E-state index in [0.717, 1.165) is 6.07 Å². The molecule has 0 fully saturated rings. The van der Waals surface area contributed by atoms with Gasteiger partial charge < -0.3 is 21.3 Å². The van der Waals surface area contributed by atoms with Gasteiger partial charge in [-0.2, -0.15) is 0 Å². The zero-order valence-corrected chi connectivity index (χ0v) is 11.1. The van der Waals surface area contributed by atoms with E-state index >= 15 is 0 Å². The Morgan fingerprint density at radius 3 is 2.52 bits per heavy atom. The minimum Gasteiger partial charge on any atom is -0.508 e. The number of aliphatic hydroxyl groups excluding tert-OH is 1. The van der Waals surface area contributed by atoms with Gasteiger partial charge in [0.2, 0.25) is 0 Å². The van der Waals surface area contributed by atoms with Crippen LogP contribution in [0.2, 0.25) is 0 Å². The van der Waals surface area contributed by atoms with E-state index in [-0.39, 0.29) is 17.9 Å². The third-order valence-corrected chi connectivity index (χ3v) is 2.97. The summed E-state index contributed by atoms with van der Waals surface area (Å²) in [4.78, 5) is 11.8. The molecule has 0 heterocycles. The summed E-state index contributed by atoms with van der Waals surface area (Å²) in [6.07, 6.45) is -0.922. The Morgan fingerprint density at radius 2 is 1.90 bits per heavy atom. The van der Waals surface area contributed by atoms with Crippen LogP contribution in [0.3, 0.4) is 0 Å². The summed E-state index contributed by atoms with van der Waals surface area (Å²) in [5, 5.41) is 21.4. The van der Waals surface area contributed by atoms with Gasteiger partial charge in [-0.3, -0.25) is 4.79 Å². The first-order valence-electron chi connectivity index (χ1n) is 6.27. The topological polar surface area (TPSA) is 95.6 Å². The highest BCUT2D eigenvalue weighted by Gasteiger charge is 2.14. The second kappa shape index (κ2) is 6.23. The molecule has 110 valence electrons. The molecular formula is C15H15FN2O3. The first-order valence-corrected chi connectivity index (χ1v) is 6.27. The van der Waals surface area contributed by atoms with E-state index in [4.69, 9.17) is 10.8 Å². The van der Waals surface area contributed by atoms with Crippen molar-refractivity contribution in [1.82, 2.24) is 5.32 Å². The van der Waals surface area contributed by atoms with Crippen LogP contribution in [-0.4, -0.2) is 22.7 Å². The van der Waals surface area contributed by atoms with Gasteiger partial charge in [0.05, 0.1) is 11.7 Å². The van der Waals surface area contributed by atoms with E-state index in [2.05, 4.69) is 5.32 Å². The van der Waals surface area contributed by atoms with Crippen molar-refractivity contribution in [3.05, 3.63) is 59.4 Å². The molecule has 0 aliphatic heterocycles.